The molecule has 1 N–H and O–H groups in total. The van der Waals surface area contributed by atoms with E-state index in [2.05, 4.69) is 57.0 Å². The van der Waals surface area contributed by atoms with E-state index in [0.717, 1.165) is 18.4 Å². The van der Waals surface area contributed by atoms with Gasteiger partial charge in [0.2, 0.25) is 0 Å². The number of imidazole rings is 1. The van der Waals surface area contributed by atoms with Crippen molar-refractivity contribution < 1.29 is 0 Å². The van der Waals surface area contributed by atoms with Gasteiger partial charge in [0, 0.05) is 25.3 Å². The third-order valence-electron chi connectivity index (χ3n) is 6.47. The van der Waals surface area contributed by atoms with Crippen LogP contribution in [0.1, 0.15) is 36.2 Å². The second-order valence-corrected chi connectivity index (χ2v) is 8.17. The van der Waals surface area contributed by atoms with Gasteiger partial charge in [-0.25, -0.2) is 4.98 Å². The van der Waals surface area contributed by atoms with Crippen molar-refractivity contribution in [3.63, 3.8) is 0 Å². The molecule has 4 rings (SSSR count). The van der Waals surface area contributed by atoms with E-state index in [1.165, 1.54) is 75.4 Å². The Labute approximate surface area is 157 Å². The number of likely N-dealkylation sites (tertiary alicyclic amines) is 2. The first-order valence-corrected chi connectivity index (χ1v) is 10.3. The molecule has 1 aromatic heterocycles. The van der Waals surface area contributed by atoms with E-state index in [4.69, 9.17) is 0 Å². The zero-order chi connectivity index (χ0) is 17.8. The molecule has 2 aliphatic rings. The normalized spacial score (nSPS) is 22.9. The van der Waals surface area contributed by atoms with E-state index in [1.807, 2.05) is 6.33 Å². The highest BCUT2D eigenvalue weighted by Crippen LogP contribution is 2.32. The van der Waals surface area contributed by atoms with Crippen LogP contribution in [0, 0.1) is 18.8 Å². The number of benzene rings is 1. The Kier molecular flexibility index (Phi) is 5.71. The van der Waals surface area contributed by atoms with Crippen molar-refractivity contribution >= 4 is 0 Å². The van der Waals surface area contributed by atoms with E-state index >= 15 is 0 Å². The number of hydrogen-bond donors (Lipinski definition) is 1. The molecule has 0 spiro atoms. The maximum Gasteiger partial charge on any atom is 0.0925 e. The molecule has 1 aromatic carbocycles. The predicted molar refractivity (Wildman–Crippen MR) is 106 cm³/mol. The van der Waals surface area contributed by atoms with E-state index < -0.39 is 0 Å². The predicted octanol–water partition coefficient (Wildman–Crippen LogP) is 3.49. The molecule has 3 heterocycles. The Morgan fingerprint density at radius 2 is 1.73 bits per heavy atom. The van der Waals surface area contributed by atoms with Crippen LogP contribution in [0.15, 0.2) is 36.7 Å². The van der Waals surface area contributed by atoms with Gasteiger partial charge in [-0.05, 0) is 69.6 Å². The molecule has 4 nitrogen and oxygen atoms in total. The van der Waals surface area contributed by atoms with Crippen LogP contribution >= 0.6 is 0 Å². The molecular weight excluding hydrogens is 320 g/mol. The van der Waals surface area contributed by atoms with Gasteiger partial charge in [-0.2, -0.15) is 0 Å². The van der Waals surface area contributed by atoms with Crippen molar-refractivity contribution in [3.8, 4) is 0 Å². The second-order valence-electron chi connectivity index (χ2n) is 8.17. The van der Waals surface area contributed by atoms with Gasteiger partial charge in [-0.1, -0.05) is 30.3 Å². The minimum atomic E-state index is 0.917. The van der Waals surface area contributed by atoms with Crippen molar-refractivity contribution in [1.29, 1.82) is 0 Å². The smallest absolute Gasteiger partial charge is 0.0925 e. The lowest BCUT2D eigenvalue weighted by atomic mass is 9.83. The topological polar surface area (TPSA) is 35.2 Å². The first-order chi connectivity index (χ1) is 12.8. The standard InChI is InChI=1S/C22H32N4/c1-18-22(24-17-23-18)16-26-12-8-20(9-13-26)21-10-14-25(15-21)11-7-19-5-3-2-4-6-19/h2-6,17,20-21H,7-16H2,1H3,(H,23,24). The summed E-state index contributed by atoms with van der Waals surface area (Å²) in [5.74, 6) is 1.84. The lowest BCUT2D eigenvalue weighted by Crippen LogP contribution is -2.36. The molecular formula is C22H32N4. The summed E-state index contributed by atoms with van der Waals surface area (Å²) >= 11 is 0. The van der Waals surface area contributed by atoms with Crippen molar-refractivity contribution in [2.24, 2.45) is 11.8 Å². The molecule has 0 radical (unpaired) electrons. The Balaban J connectivity index is 1.20. The summed E-state index contributed by atoms with van der Waals surface area (Å²) in [6.45, 7) is 9.43. The average Bonchev–Trinajstić information content (AvgIpc) is 3.31. The summed E-state index contributed by atoms with van der Waals surface area (Å²) < 4.78 is 0. The van der Waals surface area contributed by atoms with E-state index in [1.54, 1.807) is 0 Å². The largest absolute Gasteiger partial charge is 0.348 e. The quantitative estimate of drug-likeness (QED) is 0.864. The minimum absolute atomic E-state index is 0.917. The fraction of sp³-hybridized carbons (Fsp3) is 0.591. The van der Waals surface area contributed by atoms with E-state index in [9.17, 15) is 0 Å². The van der Waals surface area contributed by atoms with Crippen LogP contribution in [0.5, 0.6) is 0 Å². The van der Waals surface area contributed by atoms with Crippen LogP contribution in [-0.2, 0) is 13.0 Å². The molecule has 2 aromatic rings. The molecule has 1 unspecified atom stereocenters. The van der Waals surface area contributed by atoms with Crippen LogP contribution < -0.4 is 0 Å². The summed E-state index contributed by atoms with van der Waals surface area (Å²) in [5, 5.41) is 0. The molecule has 1 atom stereocenters. The Morgan fingerprint density at radius 3 is 2.46 bits per heavy atom. The molecule has 140 valence electrons. The summed E-state index contributed by atoms with van der Waals surface area (Å²) in [6, 6.07) is 10.9. The minimum Gasteiger partial charge on any atom is -0.348 e. The van der Waals surface area contributed by atoms with Crippen LogP contribution in [0.25, 0.3) is 0 Å². The first-order valence-electron chi connectivity index (χ1n) is 10.3. The molecule has 4 heteroatoms. The van der Waals surface area contributed by atoms with Gasteiger partial charge in [0.25, 0.3) is 0 Å². The Hall–Kier alpha value is -1.65. The number of hydrogen-bond acceptors (Lipinski definition) is 3. The van der Waals surface area contributed by atoms with Gasteiger partial charge in [-0.3, -0.25) is 4.90 Å². The number of nitrogens with zero attached hydrogens (tertiary/aromatic N) is 3. The van der Waals surface area contributed by atoms with Crippen molar-refractivity contribution in [2.45, 2.75) is 39.2 Å². The summed E-state index contributed by atoms with van der Waals surface area (Å²) in [5.41, 5.74) is 3.91. The molecule has 0 amide bonds. The lowest BCUT2D eigenvalue weighted by Gasteiger charge is -2.34. The number of nitrogens with one attached hydrogen (secondary N) is 1. The lowest BCUT2D eigenvalue weighted by molar-refractivity contribution is 0.140. The molecule has 26 heavy (non-hydrogen) atoms. The van der Waals surface area contributed by atoms with Crippen LogP contribution in [0.4, 0.5) is 0 Å². The number of aromatic amines is 1. The highest BCUT2D eigenvalue weighted by atomic mass is 15.2. The number of piperidine rings is 1. The highest BCUT2D eigenvalue weighted by molar-refractivity contribution is 5.15. The zero-order valence-electron chi connectivity index (χ0n) is 16.0. The molecule has 0 aliphatic carbocycles. The van der Waals surface area contributed by atoms with Crippen molar-refractivity contribution in [1.82, 2.24) is 19.8 Å². The number of rotatable bonds is 6. The summed E-state index contributed by atoms with van der Waals surface area (Å²) in [4.78, 5) is 12.9. The molecule has 2 saturated heterocycles. The number of aryl methyl sites for hydroxylation is 1. The zero-order valence-corrected chi connectivity index (χ0v) is 16.0. The van der Waals surface area contributed by atoms with Gasteiger partial charge in [-0.15, -0.1) is 0 Å². The Bertz CT molecular complexity index is 672. The molecule has 2 fully saturated rings. The van der Waals surface area contributed by atoms with Gasteiger partial charge >= 0.3 is 0 Å². The second kappa shape index (κ2) is 8.36. The first kappa shape index (κ1) is 17.7. The van der Waals surface area contributed by atoms with Gasteiger partial charge < -0.3 is 9.88 Å². The average molecular weight is 353 g/mol. The molecule has 0 bridgehead atoms. The maximum atomic E-state index is 4.46. The Morgan fingerprint density at radius 1 is 1.00 bits per heavy atom. The number of H-pyrrole nitrogens is 1. The van der Waals surface area contributed by atoms with Crippen molar-refractivity contribution in [2.75, 3.05) is 32.7 Å². The van der Waals surface area contributed by atoms with Crippen molar-refractivity contribution in [3.05, 3.63) is 53.6 Å². The van der Waals surface area contributed by atoms with Gasteiger partial charge in [0.05, 0.1) is 12.0 Å². The highest BCUT2D eigenvalue weighted by Gasteiger charge is 2.31. The van der Waals surface area contributed by atoms with Gasteiger partial charge in [0.15, 0.2) is 0 Å². The summed E-state index contributed by atoms with van der Waals surface area (Å²) in [7, 11) is 0. The maximum absolute atomic E-state index is 4.46. The SMILES string of the molecule is Cc1[nH]cnc1CN1CCC(C2CCN(CCc3ccccc3)C2)CC1. The fourth-order valence-corrected chi connectivity index (χ4v) is 4.72. The van der Waals surface area contributed by atoms with Crippen LogP contribution in [0.3, 0.4) is 0 Å². The van der Waals surface area contributed by atoms with Crippen LogP contribution in [0.2, 0.25) is 0 Å². The molecule has 2 aliphatic heterocycles. The third kappa shape index (κ3) is 4.36. The monoisotopic (exact) mass is 352 g/mol. The van der Waals surface area contributed by atoms with E-state index in [-0.39, 0.29) is 0 Å². The number of aromatic nitrogens is 2. The fourth-order valence-electron chi connectivity index (χ4n) is 4.72. The summed E-state index contributed by atoms with van der Waals surface area (Å²) in [6.07, 6.45) is 7.13. The van der Waals surface area contributed by atoms with Crippen LogP contribution in [-0.4, -0.2) is 52.5 Å². The molecule has 0 saturated carbocycles. The van der Waals surface area contributed by atoms with E-state index in [0.29, 0.717) is 0 Å². The van der Waals surface area contributed by atoms with Gasteiger partial charge in [0.1, 0.15) is 0 Å². The third-order valence-corrected chi connectivity index (χ3v) is 6.47.